The molecule has 0 radical (unpaired) electrons. The quantitative estimate of drug-likeness (QED) is 0.438. The van der Waals surface area contributed by atoms with Crippen LogP contribution in [0.1, 0.15) is 17.2 Å². The first-order chi connectivity index (χ1) is 6.20. The average molecular weight is 176 g/mol. The normalized spacial score (nSPS) is 25.6. The van der Waals surface area contributed by atoms with Gasteiger partial charge >= 0.3 is 0 Å². The van der Waals surface area contributed by atoms with E-state index >= 15 is 0 Å². The van der Waals surface area contributed by atoms with Crippen LogP contribution >= 0.6 is 0 Å². The lowest BCUT2D eigenvalue weighted by Gasteiger charge is -2.12. The lowest BCUT2D eigenvalue weighted by Crippen LogP contribution is -2.25. The topological polar surface area (TPSA) is 70.1 Å². The van der Waals surface area contributed by atoms with Crippen LogP contribution in [0.5, 0.6) is 0 Å². The van der Waals surface area contributed by atoms with Gasteiger partial charge in [-0.25, -0.2) is 0 Å². The van der Waals surface area contributed by atoms with Gasteiger partial charge in [-0.3, -0.25) is 5.41 Å². The Balaban J connectivity index is 2.38. The first kappa shape index (κ1) is 8.26. The van der Waals surface area contributed by atoms with Crippen LogP contribution in [-0.4, -0.2) is 10.9 Å². The molecule has 0 saturated heterocycles. The molecule has 4 N–H and O–H groups in total. The van der Waals surface area contributed by atoms with Crippen molar-refractivity contribution in [1.29, 1.82) is 5.41 Å². The minimum atomic E-state index is -0.589. The Morgan fingerprint density at radius 2 is 2.15 bits per heavy atom. The smallest absolute Gasteiger partial charge is 0.0970 e. The van der Waals surface area contributed by atoms with Crippen molar-refractivity contribution in [1.82, 2.24) is 0 Å². The number of aliphatic hydroxyl groups excluding tert-OH is 1. The van der Waals surface area contributed by atoms with Crippen LogP contribution in [0.15, 0.2) is 24.3 Å². The van der Waals surface area contributed by atoms with E-state index in [2.05, 4.69) is 0 Å². The summed E-state index contributed by atoms with van der Waals surface area (Å²) in [6.45, 7) is 0. The molecule has 2 unspecified atom stereocenters. The summed E-state index contributed by atoms with van der Waals surface area (Å²) in [7, 11) is 0. The molecular weight excluding hydrogens is 164 g/mol. The summed E-state index contributed by atoms with van der Waals surface area (Å²) in [4.78, 5) is 0. The number of nitrogens with one attached hydrogen (secondary N) is 1. The Labute approximate surface area is 76.7 Å². The van der Waals surface area contributed by atoms with Crippen molar-refractivity contribution in [3.63, 3.8) is 0 Å². The van der Waals surface area contributed by atoms with Crippen molar-refractivity contribution < 1.29 is 5.11 Å². The van der Waals surface area contributed by atoms with Gasteiger partial charge in [0.15, 0.2) is 0 Å². The molecule has 1 aliphatic carbocycles. The van der Waals surface area contributed by atoms with Crippen molar-refractivity contribution in [2.75, 3.05) is 0 Å². The number of hydrogen-bond acceptors (Lipinski definition) is 2. The zero-order valence-electron chi connectivity index (χ0n) is 7.20. The van der Waals surface area contributed by atoms with Crippen LogP contribution < -0.4 is 5.73 Å². The van der Waals surface area contributed by atoms with Crippen LogP contribution in [-0.2, 0) is 6.42 Å². The fraction of sp³-hybridized carbons (Fsp3) is 0.300. The second kappa shape index (κ2) is 2.85. The molecule has 68 valence electrons. The van der Waals surface area contributed by atoms with Gasteiger partial charge in [0.05, 0.1) is 17.9 Å². The Morgan fingerprint density at radius 3 is 2.77 bits per heavy atom. The first-order valence-electron chi connectivity index (χ1n) is 4.30. The standard InChI is InChI=1S/C10H12N2O/c11-10(12)8-5-6-3-1-2-4-7(6)9(8)13/h1-4,8-9,13H,5H2,(H3,11,12). The van der Waals surface area contributed by atoms with Crippen molar-refractivity contribution in [2.24, 2.45) is 11.7 Å². The highest BCUT2D eigenvalue weighted by Crippen LogP contribution is 2.35. The van der Waals surface area contributed by atoms with E-state index in [4.69, 9.17) is 11.1 Å². The Bertz CT molecular complexity index is 349. The highest BCUT2D eigenvalue weighted by Gasteiger charge is 2.32. The molecule has 0 aromatic heterocycles. The molecule has 0 heterocycles. The van der Waals surface area contributed by atoms with Gasteiger partial charge in [-0.2, -0.15) is 0 Å². The summed E-state index contributed by atoms with van der Waals surface area (Å²) in [5.74, 6) is -0.152. The summed E-state index contributed by atoms with van der Waals surface area (Å²) in [6.07, 6.45) is 0.0980. The maximum atomic E-state index is 9.79. The monoisotopic (exact) mass is 176 g/mol. The molecule has 2 rings (SSSR count). The van der Waals surface area contributed by atoms with Crippen LogP contribution in [0.3, 0.4) is 0 Å². The number of rotatable bonds is 1. The molecular formula is C10H12N2O. The molecule has 13 heavy (non-hydrogen) atoms. The fourth-order valence-corrected chi connectivity index (χ4v) is 1.85. The van der Waals surface area contributed by atoms with Crippen LogP contribution in [0.25, 0.3) is 0 Å². The van der Waals surface area contributed by atoms with Crippen LogP contribution in [0.2, 0.25) is 0 Å². The van der Waals surface area contributed by atoms with Gasteiger partial charge in [-0.05, 0) is 17.5 Å². The van der Waals surface area contributed by atoms with Crippen LogP contribution in [0, 0.1) is 11.3 Å². The third kappa shape index (κ3) is 1.21. The van der Waals surface area contributed by atoms with E-state index in [-0.39, 0.29) is 11.8 Å². The number of fused-ring (bicyclic) bond motifs is 1. The lowest BCUT2D eigenvalue weighted by atomic mass is 10.0. The zero-order valence-corrected chi connectivity index (χ0v) is 7.20. The van der Waals surface area contributed by atoms with E-state index in [1.54, 1.807) is 0 Å². The first-order valence-corrected chi connectivity index (χ1v) is 4.30. The molecule has 0 amide bonds. The minimum absolute atomic E-state index is 0.0729. The van der Waals surface area contributed by atoms with Crippen molar-refractivity contribution in [3.8, 4) is 0 Å². The van der Waals surface area contributed by atoms with Gasteiger partial charge < -0.3 is 10.8 Å². The number of nitrogens with two attached hydrogens (primary N) is 1. The molecule has 1 aliphatic rings. The summed E-state index contributed by atoms with van der Waals surface area (Å²) in [5, 5.41) is 17.1. The maximum absolute atomic E-state index is 9.79. The molecule has 0 saturated carbocycles. The number of aliphatic hydroxyl groups is 1. The maximum Gasteiger partial charge on any atom is 0.0970 e. The highest BCUT2D eigenvalue weighted by molar-refractivity contribution is 5.81. The Morgan fingerprint density at radius 1 is 1.46 bits per heavy atom. The fourth-order valence-electron chi connectivity index (χ4n) is 1.85. The third-order valence-electron chi connectivity index (χ3n) is 2.59. The SMILES string of the molecule is N=C(N)C1Cc2ccccc2C1O. The van der Waals surface area contributed by atoms with E-state index in [1.165, 1.54) is 0 Å². The largest absolute Gasteiger partial charge is 0.388 e. The number of amidine groups is 1. The van der Waals surface area contributed by atoms with E-state index < -0.39 is 6.10 Å². The zero-order chi connectivity index (χ0) is 9.42. The lowest BCUT2D eigenvalue weighted by molar-refractivity contribution is 0.153. The van der Waals surface area contributed by atoms with Crippen molar-refractivity contribution in [2.45, 2.75) is 12.5 Å². The van der Waals surface area contributed by atoms with Gasteiger partial charge in [0.1, 0.15) is 0 Å². The highest BCUT2D eigenvalue weighted by atomic mass is 16.3. The van der Waals surface area contributed by atoms with E-state index in [0.717, 1.165) is 11.1 Å². The molecule has 0 aliphatic heterocycles. The summed E-state index contributed by atoms with van der Waals surface area (Å²) >= 11 is 0. The number of benzene rings is 1. The Hall–Kier alpha value is -1.35. The van der Waals surface area contributed by atoms with Gasteiger partial charge in [0.2, 0.25) is 0 Å². The second-order valence-electron chi connectivity index (χ2n) is 3.41. The molecule has 3 heteroatoms. The third-order valence-corrected chi connectivity index (χ3v) is 2.59. The molecule has 0 spiro atoms. The molecule has 0 fully saturated rings. The molecule has 1 aromatic rings. The van der Waals surface area contributed by atoms with Gasteiger partial charge in [0.25, 0.3) is 0 Å². The Kier molecular flexibility index (Phi) is 1.81. The predicted octanol–water partition coefficient (Wildman–Crippen LogP) is 0.828. The van der Waals surface area contributed by atoms with Gasteiger partial charge in [-0.15, -0.1) is 0 Å². The van der Waals surface area contributed by atoms with Gasteiger partial charge in [-0.1, -0.05) is 24.3 Å². The summed E-state index contributed by atoms with van der Waals surface area (Å²) in [6, 6.07) is 7.70. The molecule has 2 atom stereocenters. The molecule has 0 bridgehead atoms. The second-order valence-corrected chi connectivity index (χ2v) is 3.41. The average Bonchev–Trinajstić information content (AvgIpc) is 2.45. The summed E-state index contributed by atoms with van der Waals surface area (Å²) in [5.41, 5.74) is 7.42. The molecule has 3 nitrogen and oxygen atoms in total. The van der Waals surface area contributed by atoms with Crippen molar-refractivity contribution >= 4 is 5.84 Å². The summed E-state index contributed by atoms with van der Waals surface area (Å²) < 4.78 is 0. The van der Waals surface area contributed by atoms with E-state index in [9.17, 15) is 5.11 Å². The van der Waals surface area contributed by atoms with E-state index in [0.29, 0.717) is 6.42 Å². The van der Waals surface area contributed by atoms with Gasteiger partial charge in [0, 0.05) is 0 Å². The predicted molar refractivity (Wildman–Crippen MR) is 50.5 cm³/mol. The minimum Gasteiger partial charge on any atom is -0.388 e. The number of hydrogen-bond donors (Lipinski definition) is 3. The van der Waals surface area contributed by atoms with Crippen LogP contribution in [0.4, 0.5) is 0 Å². The van der Waals surface area contributed by atoms with Crippen molar-refractivity contribution in [3.05, 3.63) is 35.4 Å². The van der Waals surface area contributed by atoms with E-state index in [1.807, 2.05) is 24.3 Å². The molecule has 1 aromatic carbocycles.